The Labute approximate surface area is 123 Å². The van der Waals surface area contributed by atoms with E-state index in [1.807, 2.05) is 0 Å². The summed E-state index contributed by atoms with van der Waals surface area (Å²) in [5.41, 5.74) is 3.00. The summed E-state index contributed by atoms with van der Waals surface area (Å²) >= 11 is 0. The van der Waals surface area contributed by atoms with E-state index in [-0.39, 0.29) is 5.41 Å². The van der Waals surface area contributed by atoms with Gasteiger partial charge in [-0.2, -0.15) is 4.80 Å². The summed E-state index contributed by atoms with van der Waals surface area (Å²) in [5.74, 6) is 0.774. The maximum atomic E-state index is 5.57. The Bertz CT molecular complexity index is 647. The first kappa shape index (κ1) is 12.8. The first-order valence-corrected chi connectivity index (χ1v) is 7.42. The van der Waals surface area contributed by atoms with Gasteiger partial charge in [-0.1, -0.05) is 18.2 Å². The minimum atomic E-state index is 0.233. The van der Waals surface area contributed by atoms with E-state index in [4.69, 9.17) is 4.74 Å². The van der Waals surface area contributed by atoms with Crippen LogP contribution in [0.3, 0.4) is 0 Å². The molecular formula is C15H19N5O. The van der Waals surface area contributed by atoms with Gasteiger partial charge >= 0.3 is 0 Å². The summed E-state index contributed by atoms with van der Waals surface area (Å²) in [6, 6.07) is 8.72. The molecule has 0 atom stereocenters. The van der Waals surface area contributed by atoms with Crippen LogP contribution in [0.4, 0.5) is 5.69 Å². The summed E-state index contributed by atoms with van der Waals surface area (Å²) in [6.07, 6.45) is 2.18. The molecule has 1 spiro atoms. The van der Waals surface area contributed by atoms with Crippen LogP contribution in [0, 0.1) is 0 Å². The van der Waals surface area contributed by atoms with Gasteiger partial charge in [0.2, 0.25) is 0 Å². The summed E-state index contributed by atoms with van der Waals surface area (Å²) in [4.78, 5) is 3.90. The first-order chi connectivity index (χ1) is 10.3. The number of rotatable bonds is 2. The number of hydrogen-bond donors (Lipinski definition) is 0. The van der Waals surface area contributed by atoms with Crippen molar-refractivity contribution in [3.8, 4) is 0 Å². The molecular weight excluding hydrogens is 266 g/mol. The number of hydrogen-bond acceptors (Lipinski definition) is 5. The molecule has 4 rings (SSSR count). The minimum absolute atomic E-state index is 0.233. The molecule has 1 fully saturated rings. The number of tetrazole rings is 1. The van der Waals surface area contributed by atoms with Crippen LogP contribution in [0.2, 0.25) is 0 Å². The van der Waals surface area contributed by atoms with Crippen molar-refractivity contribution in [2.75, 3.05) is 24.7 Å². The number of benzene rings is 1. The average Bonchev–Trinajstić information content (AvgIpc) is 3.04. The number of aryl methyl sites for hydroxylation is 1. The third kappa shape index (κ3) is 2.10. The lowest BCUT2D eigenvalue weighted by molar-refractivity contribution is 0.0552. The van der Waals surface area contributed by atoms with Gasteiger partial charge in [0, 0.05) is 30.9 Å². The maximum absolute atomic E-state index is 5.57. The highest BCUT2D eigenvalue weighted by molar-refractivity contribution is 5.62. The Balaban J connectivity index is 1.67. The van der Waals surface area contributed by atoms with Gasteiger partial charge in [0.15, 0.2) is 5.82 Å². The first-order valence-electron chi connectivity index (χ1n) is 7.42. The number of aromatic nitrogens is 4. The molecule has 1 saturated heterocycles. The van der Waals surface area contributed by atoms with Crippen LogP contribution in [0.15, 0.2) is 24.3 Å². The Morgan fingerprint density at radius 3 is 2.81 bits per heavy atom. The second-order valence-electron chi connectivity index (χ2n) is 5.96. The molecule has 0 unspecified atom stereocenters. The van der Waals surface area contributed by atoms with E-state index in [0.29, 0.717) is 6.54 Å². The molecule has 0 saturated carbocycles. The van der Waals surface area contributed by atoms with Gasteiger partial charge in [0.05, 0.1) is 13.6 Å². The topological polar surface area (TPSA) is 56.1 Å². The fourth-order valence-corrected chi connectivity index (χ4v) is 3.62. The second-order valence-corrected chi connectivity index (χ2v) is 5.96. The molecule has 21 heavy (non-hydrogen) atoms. The van der Waals surface area contributed by atoms with E-state index in [1.54, 1.807) is 7.05 Å². The van der Waals surface area contributed by atoms with E-state index in [2.05, 4.69) is 44.6 Å². The lowest BCUT2D eigenvalue weighted by Crippen LogP contribution is -2.38. The van der Waals surface area contributed by atoms with Crippen LogP contribution in [0.1, 0.15) is 24.2 Å². The van der Waals surface area contributed by atoms with Crippen LogP contribution < -0.4 is 4.90 Å². The predicted octanol–water partition coefficient (Wildman–Crippen LogP) is 1.28. The van der Waals surface area contributed by atoms with E-state index in [1.165, 1.54) is 16.0 Å². The van der Waals surface area contributed by atoms with Crippen LogP contribution in [-0.2, 0) is 23.7 Å². The quantitative estimate of drug-likeness (QED) is 0.832. The highest BCUT2D eigenvalue weighted by Gasteiger charge is 2.43. The molecule has 2 aromatic rings. The zero-order chi connectivity index (χ0) is 14.3. The van der Waals surface area contributed by atoms with Crippen molar-refractivity contribution in [3.05, 3.63) is 35.7 Å². The predicted molar refractivity (Wildman–Crippen MR) is 78.0 cm³/mol. The minimum Gasteiger partial charge on any atom is -0.381 e. The number of nitrogens with zero attached hydrogens (tertiary/aromatic N) is 5. The van der Waals surface area contributed by atoms with Crippen molar-refractivity contribution >= 4 is 5.69 Å². The normalized spacial score (nSPS) is 20.0. The fraction of sp³-hybridized carbons (Fsp3) is 0.533. The van der Waals surface area contributed by atoms with E-state index in [0.717, 1.165) is 38.4 Å². The highest BCUT2D eigenvalue weighted by Crippen LogP contribution is 2.46. The highest BCUT2D eigenvalue weighted by atomic mass is 16.5. The molecule has 1 aromatic heterocycles. The summed E-state index contributed by atoms with van der Waals surface area (Å²) in [6.45, 7) is 3.44. The Morgan fingerprint density at radius 1 is 1.24 bits per heavy atom. The average molecular weight is 285 g/mol. The standard InChI is InChI=1S/C15H19N5O/c1-19-17-14(16-18-19)10-20-11-15(6-8-21-9-7-15)12-4-2-3-5-13(12)20/h2-5H,6-11H2,1H3. The van der Waals surface area contributed by atoms with Crippen molar-refractivity contribution in [2.24, 2.45) is 7.05 Å². The van der Waals surface area contributed by atoms with E-state index in [9.17, 15) is 0 Å². The van der Waals surface area contributed by atoms with Crippen LogP contribution >= 0.6 is 0 Å². The monoisotopic (exact) mass is 285 g/mol. The third-order valence-electron chi connectivity index (χ3n) is 4.64. The van der Waals surface area contributed by atoms with Gasteiger partial charge in [-0.15, -0.1) is 10.2 Å². The molecule has 6 heteroatoms. The van der Waals surface area contributed by atoms with Gasteiger partial charge in [0.25, 0.3) is 0 Å². The summed E-state index contributed by atoms with van der Waals surface area (Å²) in [7, 11) is 1.80. The van der Waals surface area contributed by atoms with Crippen molar-refractivity contribution in [2.45, 2.75) is 24.8 Å². The Morgan fingerprint density at radius 2 is 2.05 bits per heavy atom. The molecule has 2 aliphatic heterocycles. The lowest BCUT2D eigenvalue weighted by Gasteiger charge is -2.34. The molecule has 0 radical (unpaired) electrons. The van der Waals surface area contributed by atoms with E-state index < -0.39 is 0 Å². The summed E-state index contributed by atoms with van der Waals surface area (Å²) < 4.78 is 5.57. The second kappa shape index (κ2) is 4.80. The van der Waals surface area contributed by atoms with Crippen molar-refractivity contribution < 1.29 is 4.74 Å². The van der Waals surface area contributed by atoms with Crippen molar-refractivity contribution in [1.29, 1.82) is 0 Å². The smallest absolute Gasteiger partial charge is 0.193 e. The lowest BCUT2D eigenvalue weighted by atomic mass is 9.76. The molecule has 110 valence electrons. The molecule has 1 aromatic carbocycles. The molecule has 0 bridgehead atoms. The SMILES string of the molecule is Cn1nnc(CN2CC3(CCOCC3)c3ccccc32)n1. The van der Waals surface area contributed by atoms with Crippen LogP contribution in [0.25, 0.3) is 0 Å². The zero-order valence-electron chi connectivity index (χ0n) is 12.2. The molecule has 3 heterocycles. The number of anilines is 1. The third-order valence-corrected chi connectivity index (χ3v) is 4.64. The van der Waals surface area contributed by atoms with Crippen LogP contribution in [-0.4, -0.2) is 40.0 Å². The van der Waals surface area contributed by atoms with Gasteiger partial charge in [-0.3, -0.25) is 0 Å². The van der Waals surface area contributed by atoms with Gasteiger partial charge < -0.3 is 9.64 Å². The van der Waals surface area contributed by atoms with Gasteiger partial charge in [-0.05, 0) is 29.7 Å². The molecule has 0 amide bonds. The zero-order valence-corrected chi connectivity index (χ0v) is 12.2. The fourth-order valence-electron chi connectivity index (χ4n) is 3.62. The largest absolute Gasteiger partial charge is 0.381 e. The molecule has 0 N–H and O–H groups in total. The number of fused-ring (bicyclic) bond motifs is 2. The Kier molecular flexibility index (Phi) is 2.92. The summed E-state index contributed by atoms with van der Waals surface area (Å²) in [5, 5.41) is 12.4. The Hall–Kier alpha value is -1.95. The van der Waals surface area contributed by atoms with E-state index >= 15 is 0 Å². The number of para-hydroxylation sites is 1. The van der Waals surface area contributed by atoms with Crippen molar-refractivity contribution in [1.82, 2.24) is 20.2 Å². The van der Waals surface area contributed by atoms with Gasteiger partial charge in [0.1, 0.15) is 0 Å². The molecule has 2 aliphatic rings. The number of ether oxygens (including phenoxy) is 1. The molecule has 6 nitrogen and oxygen atoms in total. The van der Waals surface area contributed by atoms with Crippen LogP contribution in [0.5, 0.6) is 0 Å². The van der Waals surface area contributed by atoms with Crippen molar-refractivity contribution in [3.63, 3.8) is 0 Å². The van der Waals surface area contributed by atoms with Gasteiger partial charge in [-0.25, -0.2) is 0 Å². The molecule has 0 aliphatic carbocycles. The maximum Gasteiger partial charge on any atom is 0.193 e.